The molecule has 1 aromatic heterocycles. The van der Waals surface area contributed by atoms with Crippen molar-refractivity contribution in [2.45, 2.75) is 32.2 Å². The number of nitrogens with zero attached hydrogens (tertiary/aromatic N) is 2. The van der Waals surface area contributed by atoms with Crippen molar-refractivity contribution < 1.29 is 23.6 Å². The van der Waals surface area contributed by atoms with Gasteiger partial charge in [-0.2, -0.15) is 4.68 Å². The van der Waals surface area contributed by atoms with Crippen molar-refractivity contribution in [2.75, 3.05) is 20.7 Å². The molecule has 0 aliphatic heterocycles. The summed E-state index contributed by atoms with van der Waals surface area (Å²) in [5, 5.41) is 7.29. The molecule has 1 aromatic carbocycles. The third-order valence-electron chi connectivity index (χ3n) is 3.89. The maximum Gasteiger partial charge on any atom is 0.291 e. The fourth-order valence-corrected chi connectivity index (χ4v) is 2.62. The molecule has 26 heavy (non-hydrogen) atoms. The largest absolute Gasteiger partial charge is 0.497 e. The van der Waals surface area contributed by atoms with Gasteiger partial charge in [-0.25, -0.2) is 0 Å². The van der Waals surface area contributed by atoms with Crippen LogP contribution in [0.15, 0.2) is 28.7 Å². The Kier molecular flexibility index (Phi) is 5.89. The highest BCUT2D eigenvalue weighted by atomic mass is 32.1. The lowest BCUT2D eigenvalue weighted by Gasteiger charge is -2.12. The first-order chi connectivity index (χ1) is 12.5. The zero-order valence-electron chi connectivity index (χ0n) is 14.9. The smallest absolute Gasteiger partial charge is 0.291 e. The predicted octanol–water partition coefficient (Wildman–Crippen LogP) is 0.544. The van der Waals surface area contributed by atoms with E-state index in [-0.39, 0.29) is 17.4 Å². The van der Waals surface area contributed by atoms with Crippen molar-refractivity contribution in [1.29, 1.82) is 0 Å². The molecule has 2 N–H and O–H groups in total. The molecule has 3 rings (SSSR count). The van der Waals surface area contributed by atoms with Crippen LogP contribution in [0.4, 0.5) is 0 Å². The van der Waals surface area contributed by atoms with E-state index in [0.717, 1.165) is 23.5 Å². The lowest BCUT2D eigenvalue weighted by atomic mass is 10.3. The average molecular weight is 379 g/mol. The van der Waals surface area contributed by atoms with Crippen LogP contribution in [-0.2, 0) is 18.1 Å². The summed E-state index contributed by atoms with van der Waals surface area (Å²) in [6.45, 7) is 0.982. The van der Waals surface area contributed by atoms with Crippen LogP contribution < -0.4 is 19.7 Å². The monoisotopic (exact) mass is 379 g/mol. The summed E-state index contributed by atoms with van der Waals surface area (Å²) in [5.74, 6) is 1.88. The zero-order valence-corrected chi connectivity index (χ0v) is 15.7. The van der Waals surface area contributed by atoms with E-state index < -0.39 is 0 Å². The number of likely N-dealkylation sites (N-methyl/N-ethyl adjacent to an activating group) is 1. The SMILES string of the molecule is COc1ccc(OCc2nn(C[NH+](C)CC(=O)NC3CC3)c(=S)o2)cc1. The second kappa shape index (κ2) is 8.33. The van der Waals surface area contributed by atoms with Gasteiger partial charge in [0.1, 0.15) is 11.5 Å². The summed E-state index contributed by atoms with van der Waals surface area (Å²) in [4.78, 5) is 13.1. The van der Waals surface area contributed by atoms with Gasteiger partial charge in [0.05, 0.1) is 14.2 Å². The highest BCUT2D eigenvalue weighted by Crippen LogP contribution is 2.18. The number of hydrogen-bond donors (Lipinski definition) is 2. The van der Waals surface area contributed by atoms with Crippen molar-refractivity contribution in [3.8, 4) is 11.5 Å². The van der Waals surface area contributed by atoms with Crippen molar-refractivity contribution in [2.24, 2.45) is 0 Å². The number of hydrogen-bond acceptors (Lipinski definition) is 6. The minimum Gasteiger partial charge on any atom is -0.497 e. The van der Waals surface area contributed by atoms with E-state index in [1.807, 2.05) is 19.2 Å². The van der Waals surface area contributed by atoms with E-state index in [0.29, 0.717) is 30.9 Å². The fourth-order valence-electron chi connectivity index (χ4n) is 2.42. The summed E-state index contributed by atoms with van der Waals surface area (Å²) >= 11 is 5.20. The summed E-state index contributed by atoms with van der Waals surface area (Å²) in [5.41, 5.74) is 0. The van der Waals surface area contributed by atoms with Crippen LogP contribution in [0.5, 0.6) is 11.5 Å². The summed E-state index contributed by atoms with van der Waals surface area (Å²) < 4.78 is 17.8. The van der Waals surface area contributed by atoms with E-state index in [1.165, 1.54) is 0 Å². The average Bonchev–Trinajstić information content (AvgIpc) is 3.36. The van der Waals surface area contributed by atoms with Crippen LogP contribution in [0.3, 0.4) is 0 Å². The van der Waals surface area contributed by atoms with Crippen molar-refractivity contribution in [3.63, 3.8) is 0 Å². The maximum absolute atomic E-state index is 11.8. The predicted molar refractivity (Wildman–Crippen MR) is 95.6 cm³/mol. The van der Waals surface area contributed by atoms with Gasteiger partial charge in [0.2, 0.25) is 0 Å². The van der Waals surface area contributed by atoms with E-state index in [9.17, 15) is 4.79 Å². The minimum absolute atomic E-state index is 0.0445. The Bertz CT molecular complexity index is 798. The Labute approximate surface area is 156 Å². The number of carbonyl (C=O) groups is 1. The van der Waals surface area contributed by atoms with Gasteiger partial charge in [-0.05, 0) is 49.3 Å². The lowest BCUT2D eigenvalue weighted by molar-refractivity contribution is -0.895. The number of benzene rings is 1. The number of quaternary nitrogens is 1. The molecule has 1 aliphatic carbocycles. The quantitative estimate of drug-likeness (QED) is 0.619. The van der Waals surface area contributed by atoms with Gasteiger partial charge >= 0.3 is 0 Å². The van der Waals surface area contributed by atoms with Gasteiger partial charge < -0.3 is 24.1 Å². The topological polar surface area (TPSA) is 83.0 Å². The van der Waals surface area contributed by atoms with Gasteiger partial charge in [-0.3, -0.25) is 4.79 Å². The fraction of sp³-hybridized carbons (Fsp3) is 0.471. The Hall–Kier alpha value is -2.39. The maximum atomic E-state index is 11.8. The zero-order chi connectivity index (χ0) is 18.5. The number of rotatable bonds is 9. The molecule has 9 heteroatoms. The number of ether oxygens (including phenoxy) is 2. The summed E-state index contributed by atoms with van der Waals surface area (Å²) in [6, 6.07) is 7.61. The van der Waals surface area contributed by atoms with Gasteiger partial charge in [0.15, 0.2) is 19.8 Å². The molecule has 1 unspecified atom stereocenters. The van der Waals surface area contributed by atoms with E-state index in [2.05, 4.69) is 10.4 Å². The van der Waals surface area contributed by atoms with Crippen molar-refractivity contribution in [1.82, 2.24) is 15.1 Å². The van der Waals surface area contributed by atoms with Crippen molar-refractivity contribution >= 4 is 18.1 Å². The molecule has 8 nitrogen and oxygen atoms in total. The van der Waals surface area contributed by atoms with Crippen LogP contribution in [0.1, 0.15) is 18.7 Å². The molecule has 0 radical (unpaired) electrons. The number of amides is 1. The number of carbonyl (C=O) groups excluding carboxylic acids is 1. The second-order valence-corrected chi connectivity index (χ2v) is 6.71. The minimum atomic E-state index is 0.0445. The van der Waals surface area contributed by atoms with Gasteiger partial charge in [0, 0.05) is 6.04 Å². The molecule has 1 fully saturated rings. The normalized spacial score (nSPS) is 14.7. The lowest BCUT2D eigenvalue weighted by Crippen LogP contribution is -3.09. The molecule has 0 bridgehead atoms. The highest BCUT2D eigenvalue weighted by molar-refractivity contribution is 7.71. The van der Waals surface area contributed by atoms with Crippen LogP contribution in [-0.4, -0.2) is 42.4 Å². The Balaban J connectivity index is 1.50. The summed E-state index contributed by atoms with van der Waals surface area (Å²) in [7, 11) is 3.53. The highest BCUT2D eigenvalue weighted by Gasteiger charge is 2.24. The molecule has 1 heterocycles. The van der Waals surface area contributed by atoms with Crippen LogP contribution in [0.2, 0.25) is 0 Å². The summed E-state index contributed by atoms with van der Waals surface area (Å²) in [6.07, 6.45) is 2.16. The number of aromatic nitrogens is 2. The molecule has 1 atom stereocenters. The number of nitrogens with one attached hydrogen (secondary N) is 2. The van der Waals surface area contributed by atoms with Gasteiger partial charge in [-0.1, -0.05) is 0 Å². The third-order valence-corrected chi connectivity index (χ3v) is 4.19. The van der Waals surface area contributed by atoms with E-state index in [4.69, 9.17) is 26.1 Å². The molecule has 0 saturated heterocycles. The Morgan fingerprint density at radius 3 is 2.73 bits per heavy atom. The molecule has 1 amide bonds. The van der Waals surface area contributed by atoms with Gasteiger partial charge in [0.25, 0.3) is 16.6 Å². The molecule has 1 saturated carbocycles. The van der Waals surface area contributed by atoms with E-state index in [1.54, 1.807) is 23.9 Å². The third kappa shape index (κ3) is 5.30. The molecule has 140 valence electrons. The van der Waals surface area contributed by atoms with E-state index >= 15 is 0 Å². The van der Waals surface area contributed by atoms with Crippen LogP contribution >= 0.6 is 12.2 Å². The van der Waals surface area contributed by atoms with Crippen molar-refractivity contribution in [3.05, 3.63) is 35.0 Å². The standard InChI is InChI=1S/C17H22N4O4S/c1-20(9-15(22)18-12-3-4-12)11-21-17(26)25-16(19-21)10-24-14-7-5-13(23-2)6-8-14/h5-8,12H,3-4,9-11H2,1-2H3,(H,18,22)/p+1. The molecular weight excluding hydrogens is 356 g/mol. The van der Waals surface area contributed by atoms with Crippen LogP contribution in [0.25, 0.3) is 0 Å². The molecular formula is C17H23N4O4S+. The Morgan fingerprint density at radius 1 is 1.38 bits per heavy atom. The first-order valence-corrected chi connectivity index (χ1v) is 8.88. The van der Waals surface area contributed by atoms with Gasteiger partial charge in [-0.15, -0.1) is 5.10 Å². The first-order valence-electron chi connectivity index (χ1n) is 8.48. The first kappa shape index (κ1) is 18.4. The second-order valence-electron chi connectivity index (χ2n) is 6.36. The molecule has 2 aromatic rings. The van der Waals surface area contributed by atoms with Crippen LogP contribution in [0, 0.1) is 4.84 Å². The number of methoxy groups -OCH3 is 1. The molecule has 1 aliphatic rings. The molecule has 0 spiro atoms. The Morgan fingerprint density at radius 2 is 2.08 bits per heavy atom.